The molecule has 0 aromatic heterocycles. The van der Waals surface area contributed by atoms with Gasteiger partial charge in [0, 0.05) is 12.8 Å². The molecule has 2 N–H and O–H groups in total. The lowest BCUT2D eigenvalue weighted by Crippen LogP contribution is -2.37. The Labute approximate surface area is 334 Å². The second kappa shape index (κ2) is 35.8. The van der Waals surface area contributed by atoms with Crippen molar-refractivity contribution in [3.8, 4) is 0 Å². The number of quaternary nitrogens is 1. The molecule has 11 heteroatoms. The van der Waals surface area contributed by atoms with Gasteiger partial charge >= 0.3 is 19.8 Å². The summed E-state index contributed by atoms with van der Waals surface area (Å²) >= 11 is 0. The van der Waals surface area contributed by atoms with E-state index in [9.17, 15) is 24.2 Å². The van der Waals surface area contributed by atoms with Crippen LogP contribution in [0.5, 0.6) is 0 Å². The first-order valence-electron chi connectivity index (χ1n) is 20.8. The van der Waals surface area contributed by atoms with Gasteiger partial charge in [-0.15, -0.1) is 0 Å². The van der Waals surface area contributed by atoms with Gasteiger partial charge in [-0.3, -0.25) is 18.6 Å². The van der Waals surface area contributed by atoms with Crippen LogP contribution in [0.15, 0.2) is 72.9 Å². The highest BCUT2D eigenvalue weighted by atomic mass is 31.2. The number of carbonyl (C=O) groups excluding carboxylic acids is 2. The maximum absolute atomic E-state index is 12.7. The number of allylic oxidation sites excluding steroid dienone is 10. The summed E-state index contributed by atoms with van der Waals surface area (Å²) in [5.74, 6) is -0.906. The van der Waals surface area contributed by atoms with Gasteiger partial charge in [0.05, 0.1) is 33.9 Å². The third kappa shape index (κ3) is 39.4. The molecule has 0 aromatic carbocycles. The molecule has 0 aromatic rings. The number of phosphoric ester groups is 1. The van der Waals surface area contributed by atoms with Crippen molar-refractivity contribution in [3.05, 3.63) is 72.9 Å². The molecule has 0 aliphatic carbocycles. The molecule has 0 amide bonds. The largest absolute Gasteiger partial charge is 0.472 e. The number of carbonyl (C=O) groups is 2. The Hall–Kier alpha value is -2.59. The van der Waals surface area contributed by atoms with Crippen LogP contribution in [-0.2, 0) is 32.7 Å². The third-order valence-corrected chi connectivity index (χ3v) is 9.29. The van der Waals surface area contributed by atoms with Crippen LogP contribution in [0.25, 0.3) is 0 Å². The lowest BCUT2D eigenvalue weighted by atomic mass is 10.1. The van der Waals surface area contributed by atoms with E-state index in [4.69, 9.17) is 18.5 Å². The van der Waals surface area contributed by atoms with Gasteiger partial charge in [-0.1, -0.05) is 119 Å². The second-order valence-electron chi connectivity index (χ2n) is 14.8. The van der Waals surface area contributed by atoms with E-state index in [-0.39, 0.29) is 26.1 Å². The molecular formula is C44H77NO9P+. The van der Waals surface area contributed by atoms with Crippen molar-refractivity contribution < 1.29 is 47.2 Å². The van der Waals surface area contributed by atoms with Gasteiger partial charge in [0.25, 0.3) is 0 Å². The van der Waals surface area contributed by atoms with E-state index >= 15 is 0 Å². The highest BCUT2D eigenvalue weighted by Gasteiger charge is 2.27. The number of likely N-dealkylation sites (N-methyl/N-ethyl adjacent to an activating group) is 1. The summed E-state index contributed by atoms with van der Waals surface area (Å²) in [5.41, 5.74) is 0. The Morgan fingerprint density at radius 1 is 0.673 bits per heavy atom. The maximum atomic E-state index is 12.7. The normalized spacial score (nSPS) is 15.0. The summed E-state index contributed by atoms with van der Waals surface area (Å²) in [7, 11) is 1.39. The van der Waals surface area contributed by atoms with Crippen LogP contribution >= 0.6 is 7.82 Å². The van der Waals surface area contributed by atoms with Crippen molar-refractivity contribution >= 4 is 19.8 Å². The van der Waals surface area contributed by atoms with Gasteiger partial charge < -0.3 is 24.0 Å². The maximum Gasteiger partial charge on any atom is 0.472 e. The Morgan fingerprint density at radius 2 is 1.25 bits per heavy atom. The first-order valence-corrected chi connectivity index (χ1v) is 22.3. The van der Waals surface area contributed by atoms with Gasteiger partial charge in [0.1, 0.15) is 19.8 Å². The predicted octanol–water partition coefficient (Wildman–Crippen LogP) is 10.4. The topological polar surface area (TPSA) is 129 Å². The van der Waals surface area contributed by atoms with Gasteiger partial charge in [0.15, 0.2) is 6.10 Å². The van der Waals surface area contributed by atoms with E-state index in [1.165, 1.54) is 19.3 Å². The molecule has 0 bridgehead atoms. The third-order valence-electron chi connectivity index (χ3n) is 8.30. The second-order valence-corrected chi connectivity index (χ2v) is 16.3. The fraction of sp³-hybridized carbons (Fsp3) is 0.682. The molecule has 0 radical (unpaired) electrons. The van der Waals surface area contributed by atoms with E-state index in [1.807, 2.05) is 45.4 Å². The standard InChI is InChI=1S/C44H76NO9P/c1-6-8-10-11-12-13-14-15-16-17-18-21-24-27-31-35-43(47)51-39-42(40-53-55(49,50)52-38-37-45(3,4)5)54-44(48)36-32-28-25-22-19-20-23-26-30-34-41(46)33-29-9-7-2/h9,12-13,15-16,18,21,23,26,29-30,34,41-42,46H,6-8,10-11,14,17,19-20,22,24-25,27-28,31-33,35-40H2,1-5H3/p+1/b13-12-,16-15-,21-18-,26-23+,29-9+,34-30+/t41?,42-/m1/s1. The van der Waals surface area contributed by atoms with E-state index in [0.717, 1.165) is 70.6 Å². The summed E-state index contributed by atoms with van der Waals surface area (Å²) in [6.45, 7) is 4.06. The quantitative estimate of drug-likeness (QED) is 0.0159. The van der Waals surface area contributed by atoms with E-state index in [0.29, 0.717) is 30.3 Å². The molecule has 55 heavy (non-hydrogen) atoms. The van der Waals surface area contributed by atoms with Crippen LogP contribution in [-0.4, -0.2) is 86.1 Å². The van der Waals surface area contributed by atoms with Crippen molar-refractivity contribution in [3.63, 3.8) is 0 Å². The number of hydrogen-bond acceptors (Lipinski definition) is 8. The molecule has 0 saturated heterocycles. The van der Waals surface area contributed by atoms with Gasteiger partial charge in [-0.25, -0.2) is 4.57 Å². The van der Waals surface area contributed by atoms with Crippen LogP contribution < -0.4 is 0 Å². The lowest BCUT2D eigenvalue weighted by molar-refractivity contribution is -0.870. The summed E-state index contributed by atoms with van der Waals surface area (Å²) in [6, 6.07) is 0. The van der Waals surface area contributed by atoms with Crippen molar-refractivity contribution in [2.45, 2.75) is 148 Å². The summed E-state index contributed by atoms with van der Waals surface area (Å²) < 4.78 is 34.1. The number of aliphatic hydroxyl groups excluding tert-OH is 1. The number of hydrogen-bond donors (Lipinski definition) is 2. The molecule has 0 aliphatic heterocycles. The van der Waals surface area contributed by atoms with Crippen LogP contribution in [0, 0.1) is 0 Å². The monoisotopic (exact) mass is 795 g/mol. The fourth-order valence-electron chi connectivity index (χ4n) is 5.00. The average Bonchev–Trinajstić information content (AvgIpc) is 3.12. The molecule has 2 unspecified atom stereocenters. The SMILES string of the molecule is CC/C=C/CC(O)/C=C/C=C/CCCCCCCC(=O)O[C@H](COC(=O)CCCC/C=C\C/C=C\C/C=C\CCCCC)COP(=O)(O)OCC[N+](C)(C)C. The molecular weight excluding hydrogens is 717 g/mol. The van der Waals surface area contributed by atoms with E-state index in [1.54, 1.807) is 6.08 Å². The Balaban J connectivity index is 4.55. The molecule has 10 nitrogen and oxygen atoms in total. The molecule has 0 heterocycles. The smallest absolute Gasteiger partial charge is 0.462 e. The minimum Gasteiger partial charge on any atom is -0.462 e. The molecule has 0 saturated carbocycles. The molecule has 0 rings (SSSR count). The number of esters is 2. The zero-order valence-corrected chi connectivity index (χ0v) is 35.9. The zero-order valence-electron chi connectivity index (χ0n) is 35.0. The number of phosphoric acid groups is 1. The first-order chi connectivity index (χ1) is 26.4. The zero-order chi connectivity index (χ0) is 40.9. The van der Waals surface area contributed by atoms with Gasteiger partial charge in [0.2, 0.25) is 0 Å². The Kier molecular flexibility index (Phi) is 34.1. The number of aliphatic hydroxyl groups is 1. The minimum absolute atomic E-state index is 0.00806. The molecule has 3 atom stereocenters. The van der Waals surface area contributed by atoms with Gasteiger partial charge in [-0.2, -0.15) is 0 Å². The molecule has 316 valence electrons. The van der Waals surface area contributed by atoms with Crippen LogP contribution in [0.2, 0.25) is 0 Å². The van der Waals surface area contributed by atoms with Gasteiger partial charge in [-0.05, 0) is 77.0 Å². The summed E-state index contributed by atoms with van der Waals surface area (Å²) in [5, 5.41) is 9.88. The van der Waals surface area contributed by atoms with E-state index in [2.05, 4.69) is 56.4 Å². The Morgan fingerprint density at radius 3 is 1.93 bits per heavy atom. The molecule has 0 aliphatic rings. The average molecular weight is 795 g/mol. The first kappa shape index (κ1) is 52.4. The van der Waals surface area contributed by atoms with Crippen molar-refractivity contribution in [2.24, 2.45) is 0 Å². The van der Waals surface area contributed by atoms with Crippen molar-refractivity contribution in [1.29, 1.82) is 0 Å². The van der Waals surface area contributed by atoms with E-state index < -0.39 is 38.6 Å². The predicted molar refractivity (Wildman–Crippen MR) is 225 cm³/mol. The Bertz CT molecular complexity index is 1190. The van der Waals surface area contributed by atoms with Crippen LogP contribution in [0.1, 0.15) is 136 Å². The number of nitrogens with zero attached hydrogens (tertiary/aromatic N) is 1. The summed E-state index contributed by atoms with van der Waals surface area (Å²) in [6.07, 6.45) is 40.0. The summed E-state index contributed by atoms with van der Waals surface area (Å²) in [4.78, 5) is 35.3. The van der Waals surface area contributed by atoms with Crippen LogP contribution in [0.3, 0.4) is 0 Å². The molecule has 0 fully saturated rings. The number of unbranched alkanes of at least 4 members (excludes halogenated alkanes) is 10. The fourth-order valence-corrected chi connectivity index (χ4v) is 5.74. The molecule has 0 spiro atoms. The lowest BCUT2D eigenvalue weighted by Gasteiger charge is -2.24. The highest BCUT2D eigenvalue weighted by molar-refractivity contribution is 7.47. The van der Waals surface area contributed by atoms with Crippen molar-refractivity contribution in [1.82, 2.24) is 0 Å². The highest BCUT2D eigenvalue weighted by Crippen LogP contribution is 2.43. The van der Waals surface area contributed by atoms with Crippen molar-refractivity contribution in [2.75, 3.05) is 47.5 Å². The minimum atomic E-state index is -4.40. The number of rotatable bonds is 36. The van der Waals surface area contributed by atoms with Crippen LogP contribution in [0.4, 0.5) is 0 Å². The number of ether oxygens (including phenoxy) is 2.